The number of halogens is 3. The summed E-state index contributed by atoms with van der Waals surface area (Å²) in [4.78, 5) is 38.2. The van der Waals surface area contributed by atoms with Gasteiger partial charge in [0.2, 0.25) is 5.91 Å². The van der Waals surface area contributed by atoms with Crippen molar-refractivity contribution in [1.29, 1.82) is 0 Å². The number of carbonyl (C=O) groups is 3. The molecule has 1 aliphatic rings. The highest BCUT2D eigenvalue weighted by Gasteiger charge is 2.35. The largest absolute Gasteiger partial charge is 0.487 e. The lowest BCUT2D eigenvalue weighted by Gasteiger charge is -2.12. The first-order valence-corrected chi connectivity index (χ1v) is 12.9. The quantitative estimate of drug-likeness (QED) is 0.194. The zero-order valence-corrected chi connectivity index (χ0v) is 23.3. The molecule has 1 fully saturated rings. The highest BCUT2D eigenvalue weighted by atomic mass is 127. The van der Waals surface area contributed by atoms with E-state index in [1.807, 2.05) is 37.3 Å². The second-order valence-electron chi connectivity index (χ2n) is 8.00. The van der Waals surface area contributed by atoms with Crippen molar-refractivity contribution in [3.8, 4) is 5.75 Å². The molecule has 0 spiro atoms. The number of amides is 4. The summed E-state index contributed by atoms with van der Waals surface area (Å²) in [6, 6.07) is 16.7. The number of nitrogens with zero attached hydrogens (tertiary/aromatic N) is 1. The lowest BCUT2D eigenvalue weighted by atomic mass is 10.1. The van der Waals surface area contributed by atoms with Gasteiger partial charge >= 0.3 is 6.03 Å². The summed E-state index contributed by atoms with van der Waals surface area (Å²) < 4.78 is 21.5. The Bertz CT molecular complexity index is 1370. The van der Waals surface area contributed by atoms with Gasteiger partial charge in [0.05, 0.1) is 12.8 Å². The van der Waals surface area contributed by atoms with Crippen LogP contribution in [0.15, 0.2) is 66.4 Å². The minimum absolute atomic E-state index is 0.0285. The number of carbonyl (C=O) groups excluding carboxylic acids is 3. The number of hydrogen-bond donors (Lipinski definition) is 2. The Balaban J connectivity index is 1.44. The number of urea groups is 1. The summed E-state index contributed by atoms with van der Waals surface area (Å²) in [6.07, 6.45) is 1.55. The second-order valence-corrected chi connectivity index (χ2v) is 10.3. The first-order chi connectivity index (χ1) is 17.2. The average Bonchev–Trinajstić information content (AvgIpc) is 3.07. The van der Waals surface area contributed by atoms with Gasteiger partial charge in [-0.25, -0.2) is 14.1 Å². The Kier molecular flexibility index (Phi) is 8.24. The molecule has 7 nitrogen and oxygen atoms in total. The fraction of sp³-hybridized carbons (Fsp3) is 0.115. The van der Waals surface area contributed by atoms with E-state index < -0.39 is 30.2 Å². The molecule has 1 saturated heterocycles. The summed E-state index contributed by atoms with van der Waals surface area (Å²) in [6.45, 7) is 1.91. The van der Waals surface area contributed by atoms with E-state index in [4.69, 9.17) is 4.74 Å². The maximum atomic E-state index is 13.8. The predicted molar refractivity (Wildman–Crippen MR) is 151 cm³/mol. The van der Waals surface area contributed by atoms with Gasteiger partial charge in [-0.2, -0.15) is 0 Å². The van der Waals surface area contributed by atoms with Crippen LogP contribution in [-0.2, 0) is 16.2 Å². The number of anilines is 1. The molecule has 1 aliphatic heterocycles. The fourth-order valence-corrected chi connectivity index (χ4v) is 5.66. The molecule has 4 amide bonds. The van der Waals surface area contributed by atoms with E-state index in [1.54, 1.807) is 12.1 Å². The van der Waals surface area contributed by atoms with E-state index in [-0.39, 0.29) is 11.4 Å². The van der Waals surface area contributed by atoms with Gasteiger partial charge in [-0.15, -0.1) is 0 Å². The molecule has 2 N–H and O–H groups in total. The SMILES string of the molecule is Cc1cccc(COc2c(I)cc(/C=C3/NC(=O)N(CC(=O)Nc4ccccc4F)C3=O)cc2I)c1. The van der Waals surface area contributed by atoms with Crippen LogP contribution >= 0.6 is 45.2 Å². The highest BCUT2D eigenvalue weighted by Crippen LogP contribution is 2.31. The molecule has 10 heteroatoms. The summed E-state index contributed by atoms with van der Waals surface area (Å²) in [5, 5.41) is 4.86. The number of benzene rings is 3. The monoisotopic (exact) mass is 711 g/mol. The molecule has 0 atom stereocenters. The van der Waals surface area contributed by atoms with Crippen molar-refractivity contribution >= 4 is 74.8 Å². The van der Waals surface area contributed by atoms with Crippen LogP contribution in [0.25, 0.3) is 6.08 Å². The van der Waals surface area contributed by atoms with Gasteiger partial charge in [0, 0.05) is 0 Å². The van der Waals surface area contributed by atoms with Gasteiger partial charge in [0.15, 0.2) is 0 Å². The Labute approximate surface area is 234 Å². The van der Waals surface area contributed by atoms with Crippen molar-refractivity contribution in [3.63, 3.8) is 0 Å². The van der Waals surface area contributed by atoms with Gasteiger partial charge in [-0.1, -0.05) is 42.0 Å². The van der Waals surface area contributed by atoms with Crippen molar-refractivity contribution in [1.82, 2.24) is 10.2 Å². The van der Waals surface area contributed by atoms with Crippen LogP contribution in [0.2, 0.25) is 0 Å². The average molecular weight is 711 g/mol. The Morgan fingerprint density at radius 3 is 2.50 bits per heavy atom. The van der Waals surface area contributed by atoms with Crippen LogP contribution in [0, 0.1) is 19.9 Å². The number of imide groups is 1. The summed E-state index contributed by atoms with van der Waals surface area (Å²) >= 11 is 4.33. The highest BCUT2D eigenvalue weighted by molar-refractivity contribution is 14.1. The van der Waals surface area contributed by atoms with E-state index in [9.17, 15) is 18.8 Å². The van der Waals surface area contributed by atoms with Crippen molar-refractivity contribution < 1.29 is 23.5 Å². The maximum absolute atomic E-state index is 13.8. The predicted octanol–water partition coefficient (Wildman–Crippen LogP) is 5.45. The Morgan fingerprint density at radius 1 is 1.08 bits per heavy atom. The van der Waals surface area contributed by atoms with Gasteiger partial charge in [-0.05, 0) is 93.6 Å². The van der Waals surface area contributed by atoms with Crippen molar-refractivity contribution in [2.24, 2.45) is 0 Å². The first kappa shape index (κ1) is 26.1. The molecule has 3 aromatic rings. The molecule has 3 aromatic carbocycles. The molecular weight excluding hydrogens is 691 g/mol. The number of nitrogens with one attached hydrogen (secondary N) is 2. The second kappa shape index (κ2) is 11.4. The van der Waals surface area contributed by atoms with Crippen molar-refractivity contribution in [2.75, 3.05) is 11.9 Å². The molecule has 0 radical (unpaired) electrons. The molecule has 36 heavy (non-hydrogen) atoms. The van der Waals surface area contributed by atoms with E-state index in [1.165, 1.54) is 18.2 Å². The molecule has 0 bridgehead atoms. The number of para-hydroxylation sites is 1. The third kappa shape index (κ3) is 6.22. The number of aryl methyl sites for hydroxylation is 1. The molecule has 184 valence electrons. The van der Waals surface area contributed by atoms with Crippen LogP contribution in [-0.4, -0.2) is 29.3 Å². The standard InChI is InChI=1S/C26H20FI2N3O4/c1-15-5-4-6-16(9-15)14-36-24-19(28)10-17(11-20(24)29)12-22-25(34)32(26(35)31-22)13-23(33)30-21-8-3-2-7-18(21)27/h2-12H,13-14H2,1H3,(H,30,33)(H,31,35)/b22-12+. The maximum Gasteiger partial charge on any atom is 0.329 e. The smallest absolute Gasteiger partial charge is 0.329 e. The van der Waals surface area contributed by atoms with E-state index >= 15 is 0 Å². The molecule has 0 unspecified atom stereocenters. The zero-order chi connectivity index (χ0) is 25.8. The normalized spacial score (nSPS) is 14.2. The third-order valence-electron chi connectivity index (χ3n) is 5.21. The van der Waals surface area contributed by atoms with Gasteiger partial charge in [0.25, 0.3) is 5.91 Å². The summed E-state index contributed by atoms with van der Waals surface area (Å²) in [7, 11) is 0. The fourth-order valence-electron chi connectivity index (χ4n) is 3.54. The van der Waals surface area contributed by atoms with E-state index in [2.05, 4.69) is 61.9 Å². The number of hydrogen-bond acceptors (Lipinski definition) is 4. The molecule has 0 aliphatic carbocycles. The molecule has 0 saturated carbocycles. The van der Waals surface area contributed by atoms with Crippen LogP contribution in [0.4, 0.5) is 14.9 Å². The lowest BCUT2D eigenvalue weighted by Crippen LogP contribution is -2.38. The van der Waals surface area contributed by atoms with Crippen molar-refractivity contribution in [2.45, 2.75) is 13.5 Å². The minimum Gasteiger partial charge on any atom is -0.487 e. The van der Waals surface area contributed by atoms with Crippen LogP contribution in [0.1, 0.15) is 16.7 Å². The minimum atomic E-state index is -0.725. The summed E-state index contributed by atoms with van der Waals surface area (Å²) in [5.74, 6) is -1.22. The number of rotatable bonds is 7. The van der Waals surface area contributed by atoms with E-state index in [0.29, 0.717) is 12.2 Å². The Hall–Kier alpha value is -3.00. The zero-order valence-electron chi connectivity index (χ0n) is 19.0. The van der Waals surface area contributed by atoms with E-state index in [0.717, 1.165) is 28.9 Å². The van der Waals surface area contributed by atoms with Crippen LogP contribution in [0.3, 0.4) is 0 Å². The van der Waals surface area contributed by atoms with Gasteiger partial charge < -0.3 is 15.4 Å². The number of ether oxygens (including phenoxy) is 1. The van der Waals surface area contributed by atoms with Crippen LogP contribution < -0.4 is 15.4 Å². The topological polar surface area (TPSA) is 87.7 Å². The van der Waals surface area contributed by atoms with Crippen LogP contribution in [0.5, 0.6) is 5.75 Å². The molecular formula is C26H20FI2N3O4. The Morgan fingerprint density at radius 2 is 1.81 bits per heavy atom. The first-order valence-electron chi connectivity index (χ1n) is 10.8. The molecule has 1 heterocycles. The summed E-state index contributed by atoms with van der Waals surface area (Å²) in [5.41, 5.74) is 2.92. The van der Waals surface area contributed by atoms with Crippen molar-refractivity contribution in [3.05, 3.63) is 96.0 Å². The third-order valence-corrected chi connectivity index (χ3v) is 6.81. The molecule has 4 rings (SSSR count). The van der Waals surface area contributed by atoms with Gasteiger partial charge in [0.1, 0.15) is 30.4 Å². The molecule has 0 aromatic heterocycles. The van der Waals surface area contributed by atoms with Gasteiger partial charge in [-0.3, -0.25) is 9.59 Å². The lowest BCUT2D eigenvalue weighted by molar-refractivity contribution is -0.127.